The molecule has 0 aliphatic carbocycles. The molecule has 0 aliphatic rings. The van der Waals surface area contributed by atoms with Crippen molar-refractivity contribution in [2.45, 2.75) is 6.92 Å². The van der Waals surface area contributed by atoms with Crippen molar-refractivity contribution in [1.29, 1.82) is 0 Å². The molecule has 0 fully saturated rings. The van der Waals surface area contributed by atoms with E-state index in [1.165, 1.54) is 0 Å². The lowest BCUT2D eigenvalue weighted by Crippen LogP contribution is -2.03. The average molecular weight is 375 g/mol. The summed E-state index contributed by atoms with van der Waals surface area (Å²) in [4.78, 5) is 8.89. The van der Waals surface area contributed by atoms with Crippen molar-refractivity contribution in [2.75, 3.05) is 17.7 Å². The Bertz CT molecular complexity index is 885. The third kappa shape index (κ3) is 4.53. The fourth-order valence-corrected chi connectivity index (χ4v) is 2.56. The first kappa shape index (κ1) is 17.3. The summed E-state index contributed by atoms with van der Waals surface area (Å²) < 4.78 is 5.35. The number of rotatable bonds is 5. The highest BCUT2D eigenvalue weighted by Gasteiger charge is 2.08. The third-order valence-electron chi connectivity index (χ3n) is 3.38. The summed E-state index contributed by atoms with van der Waals surface area (Å²) in [6.45, 7) is 1.90. The van der Waals surface area contributed by atoms with Crippen molar-refractivity contribution in [1.82, 2.24) is 9.97 Å². The fraction of sp³-hybridized carbons (Fsp3) is 0.111. The molecule has 2 N–H and O–H groups in total. The van der Waals surface area contributed by atoms with Gasteiger partial charge in [0.2, 0.25) is 5.95 Å². The van der Waals surface area contributed by atoms with Crippen LogP contribution in [0, 0.1) is 6.92 Å². The molecule has 0 atom stereocenters. The van der Waals surface area contributed by atoms with Crippen molar-refractivity contribution in [2.24, 2.45) is 0 Å². The van der Waals surface area contributed by atoms with Crippen LogP contribution in [0.15, 0.2) is 48.5 Å². The quantitative estimate of drug-likeness (QED) is 0.609. The first-order valence-corrected chi connectivity index (χ1v) is 8.28. The van der Waals surface area contributed by atoms with Gasteiger partial charge >= 0.3 is 0 Å². The van der Waals surface area contributed by atoms with Gasteiger partial charge in [-0.15, -0.1) is 0 Å². The Morgan fingerprint density at radius 3 is 2.32 bits per heavy atom. The smallest absolute Gasteiger partial charge is 0.229 e. The summed E-state index contributed by atoms with van der Waals surface area (Å²) in [5.41, 5.74) is 2.39. The molecule has 3 rings (SSSR count). The van der Waals surface area contributed by atoms with Gasteiger partial charge in [-0.3, -0.25) is 0 Å². The van der Waals surface area contributed by atoms with E-state index in [2.05, 4.69) is 20.6 Å². The number of ether oxygens (including phenoxy) is 1. The maximum absolute atomic E-state index is 6.07. The molecule has 25 heavy (non-hydrogen) atoms. The zero-order chi connectivity index (χ0) is 17.8. The number of benzene rings is 2. The summed E-state index contributed by atoms with van der Waals surface area (Å²) in [5, 5.41) is 7.66. The molecule has 1 heterocycles. The van der Waals surface area contributed by atoms with E-state index in [4.69, 9.17) is 27.9 Å². The third-order valence-corrected chi connectivity index (χ3v) is 3.87. The highest BCUT2D eigenvalue weighted by molar-refractivity contribution is 6.31. The fourth-order valence-electron chi connectivity index (χ4n) is 2.27. The molecule has 128 valence electrons. The number of hydrogen-bond acceptors (Lipinski definition) is 5. The van der Waals surface area contributed by atoms with Crippen LogP contribution in [0.2, 0.25) is 10.0 Å². The van der Waals surface area contributed by atoms with Crippen LogP contribution in [-0.2, 0) is 0 Å². The first-order chi connectivity index (χ1) is 12.0. The van der Waals surface area contributed by atoms with E-state index in [1.807, 2.05) is 25.1 Å². The molecular weight excluding hydrogens is 359 g/mol. The summed E-state index contributed by atoms with van der Waals surface area (Å²) in [6.07, 6.45) is 0. The topological polar surface area (TPSA) is 59.1 Å². The Kier molecular flexibility index (Phi) is 5.26. The average Bonchev–Trinajstić information content (AvgIpc) is 2.57. The lowest BCUT2D eigenvalue weighted by atomic mass is 10.3. The second kappa shape index (κ2) is 7.59. The highest BCUT2D eigenvalue weighted by atomic mass is 35.5. The Balaban J connectivity index is 1.87. The van der Waals surface area contributed by atoms with E-state index < -0.39 is 0 Å². The summed E-state index contributed by atoms with van der Waals surface area (Å²) in [6, 6.07) is 14.5. The number of nitrogens with zero attached hydrogens (tertiary/aromatic N) is 2. The SMILES string of the molecule is COc1ccc(Cl)cc1Nc1cc(C)nc(Nc2ccc(Cl)cc2)n1. The van der Waals surface area contributed by atoms with E-state index in [9.17, 15) is 0 Å². The number of hydrogen-bond donors (Lipinski definition) is 2. The second-order valence-electron chi connectivity index (χ2n) is 5.32. The molecule has 1 aromatic heterocycles. The summed E-state index contributed by atoms with van der Waals surface area (Å²) >= 11 is 12.0. The number of aryl methyl sites for hydroxylation is 1. The van der Waals surface area contributed by atoms with Crippen LogP contribution in [-0.4, -0.2) is 17.1 Å². The Labute approximate surface area is 156 Å². The van der Waals surface area contributed by atoms with Gasteiger partial charge in [0.15, 0.2) is 0 Å². The van der Waals surface area contributed by atoms with E-state index in [0.717, 1.165) is 17.1 Å². The predicted molar refractivity (Wildman–Crippen MR) is 103 cm³/mol. The summed E-state index contributed by atoms with van der Waals surface area (Å²) in [7, 11) is 1.60. The summed E-state index contributed by atoms with van der Waals surface area (Å²) in [5.74, 6) is 1.78. The van der Waals surface area contributed by atoms with Crippen LogP contribution < -0.4 is 15.4 Å². The van der Waals surface area contributed by atoms with Crippen LogP contribution in [0.4, 0.5) is 23.1 Å². The lowest BCUT2D eigenvalue weighted by Gasteiger charge is -2.13. The molecule has 7 heteroatoms. The predicted octanol–water partition coefficient (Wildman–Crippen LogP) is 5.59. The molecule has 0 spiro atoms. The number of anilines is 4. The van der Waals surface area contributed by atoms with Gasteiger partial charge in [0, 0.05) is 27.5 Å². The second-order valence-corrected chi connectivity index (χ2v) is 6.19. The molecule has 0 bridgehead atoms. The van der Waals surface area contributed by atoms with Crippen LogP contribution in [0.3, 0.4) is 0 Å². The number of methoxy groups -OCH3 is 1. The number of aromatic nitrogens is 2. The minimum Gasteiger partial charge on any atom is -0.495 e. The normalized spacial score (nSPS) is 10.4. The van der Waals surface area contributed by atoms with Crippen LogP contribution in [0.25, 0.3) is 0 Å². The molecule has 0 saturated heterocycles. The van der Waals surface area contributed by atoms with Crippen molar-refractivity contribution >= 4 is 46.3 Å². The van der Waals surface area contributed by atoms with Crippen LogP contribution in [0.5, 0.6) is 5.75 Å². The minimum atomic E-state index is 0.478. The van der Waals surface area contributed by atoms with Gasteiger partial charge in [-0.25, -0.2) is 4.98 Å². The van der Waals surface area contributed by atoms with Gasteiger partial charge in [-0.2, -0.15) is 4.98 Å². The van der Waals surface area contributed by atoms with E-state index in [1.54, 1.807) is 37.4 Å². The van der Waals surface area contributed by atoms with E-state index in [0.29, 0.717) is 27.6 Å². The first-order valence-electron chi connectivity index (χ1n) is 7.52. The van der Waals surface area contributed by atoms with E-state index in [-0.39, 0.29) is 0 Å². The largest absolute Gasteiger partial charge is 0.495 e. The standard InChI is InChI=1S/C18H16Cl2N4O/c1-11-9-17(23-15-10-13(20)5-8-16(15)25-2)24-18(21-11)22-14-6-3-12(19)4-7-14/h3-10H,1-2H3,(H2,21,22,23,24). The molecule has 0 amide bonds. The zero-order valence-corrected chi connectivity index (χ0v) is 15.2. The maximum Gasteiger partial charge on any atom is 0.229 e. The Morgan fingerprint density at radius 1 is 0.880 bits per heavy atom. The number of halogens is 2. The molecule has 0 saturated carbocycles. The van der Waals surface area contributed by atoms with Gasteiger partial charge in [0.05, 0.1) is 12.8 Å². The maximum atomic E-state index is 6.07. The van der Waals surface area contributed by atoms with E-state index >= 15 is 0 Å². The molecule has 3 aromatic rings. The Hall–Kier alpha value is -2.50. The van der Waals surface area contributed by atoms with Crippen molar-refractivity contribution in [3.8, 4) is 5.75 Å². The molecule has 0 aliphatic heterocycles. The van der Waals surface area contributed by atoms with Crippen LogP contribution in [0.1, 0.15) is 5.69 Å². The highest BCUT2D eigenvalue weighted by Crippen LogP contribution is 2.30. The minimum absolute atomic E-state index is 0.478. The Morgan fingerprint density at radius 2 is 1.60 bits per heavy atom. The van der Waals surface area contributed by atoms with Gasteiger partial charge in [-0.05, 0) is 49.4 Å². The van der Waals surface area contributed by atoms with Gasteiger partial charge in [0.1, 0.15) is 11.6 Å². The van der Waals surface area contributed by atoms with Crippen molar-refractivity contribution < 1.29 is 4.74 Å². The van der Waals surface area contributed by atoms with Gasteiger partial charge in [-0.1, -0.05) is 23.2 Å². The molecular formula is C18H16Cl2N4O. The zero-order valence-electron chi connectivity index (χ0n) is 13.7. The number of nitrogens with one attached hydrogen (secondary N) is 2. The molecule has 2 aromatic carbocycles. The lowest BCUT2D eigenvalue weighted by molar-refractivity contribution is 0.417. The van der Waals surface area contributed by atoms with Gasteiger partial charge in [0.25, 0.3) is 0 Å². The molecule has 0 radical (unpaired) electrons. The monoisotopic (exact) mass is 374 g/mol. The molecule has 0 unspecified atom stereocenters. The van der Waals surface area contributed by atoms with Crippen molar-refractivity contribution in [3.63, 3.8) is 0 Å². The van der Waals surface area contributed by atoms with Crippen LogP contribution >= 0.6 is 23.2 Å². The van der Waals surface area contributed by atoms with Crippen molar-refractivity contribution in [3.05, 3.63) is 64.3 Å². The van der Waals surface area contributed by atoms with Gasteiger partial charge < -0.3 is 15.4 Å². The molecule has 5 nitrogen and oxygen atoms in total.